The Morgan fingerprint density at radius 1 is 1.38 bits per heavy atom. The van der Waals surface area contributed by atoms with Gasteiger partial charge in [-0.25, -0.2) is 10.2 Å². The highest BCUT2D eigenvalue weighted by molar-refractivity contribution is 5.80. The molecule has 24 heavy (non-hydrogen) atoms. The number of anilines is 1. The van der Waals surface area contributed by atoms with Crippen molar-refractivity contribution in [2.75, 3.05) is 5.43 Å². The molecule has 0 atom stereocenters. The molecule has 2 N–H and O–H groups in total. The Balaban J connectivity index is 2.08. The molecule has 0 aliphatic rings. The number of hydrogen-bond donors (Lipinski definition) is 2. The zero-order valence-corrected chi connectivity index (χ0v) is 13.5. The van der Waals surface area contributed by atoms with Crippen molar-refractivity contribution in [2.24, 2.45) is 12.1 Å². The lowest BCUT2D eigenvalue weighted by atomic mass is 10.3. The van der Waals surface area contributed by atoms with E-state index >= 15 is 0 Å². The molecule has 0 bridgehead atoms. The van der Waals surface area contributed by atoms with Crippen LogP contribution in [0.2, 0.25) is 0 Å². The molecule has 0 fully saturated rings. The molecule has 0 radical (unpaired) electrons. The number of hydrazone groups is 1. The van der Waals surface area contributed by atoms with Crippen molar-refractivity contribution >= 4 is 23.3 Å². The summed E-state index contributed by atoms with van der Waals surface area (Å²) >= 11 is 0. The van der Waals surface area contributed by atoms with E-state index in [4.69, 9.17) is 0 Å². The van der Waals surface area contributed by atoms with E-state index in [1.165, 1.54) is 4.57 Å². The van der Waals surface area contributed by atoms with Crippen LogP contribution in [0.5, 0.6) is 0 Å². The fourth-order valence-electron chi connectivity index (χ4n) is 2.40. The van der Waals surface area contributed by atoms with Crippen LogP contribution in [-0.4, -0.2) is 30.3 Å². The van der Waals surface area contributed by atoms with E-state index in [2.05, 4.69) is 25.5 Å². The zero-order chi connectivity index (χ0) is 17.3. The zero-order valence-electron chi connectivity index (χ0n) is 13.5. The number of aryl methyl sites for hydroxylation is 1. The minimum atomic E-state index is -0.508. The second-order valence-corrected chi connectivity index (χ2v) is 5.55. The van der Waals surface area contributed by atoms with E-state index in [-0.39, 0.29) is 6.04 Å². The van der Waals surface area contributed by atoms with E-state index in [9.17, 15) is 9.59 Å². The van der Waals surface area contributed by atoms with Gasteiger partial charge in [0.25, 0.3) is 5.56 Å². The van der Waals surface area contributed by atoms with Gasteiger partial charge in [-0.1, -0.05) is 6.07 Å². The molecular formula is C15H17N7O2. The molecule has 3 aromatic rings. The number of fused-ring (bicyclic) bond motifs is 1. The number of nitrogens with zero attached hydrogens (tertiary/aromatic N) is 5. The van der Waals surface area contributed by atoms with Gasteiger partial charge in [0.15, 0.2) is 11.2 Å². The molecule has 0 aliphatic carbocycles. The molecule has 0 amide bonds. The third kappa shape index (κ3) is 2.71. The summed E-state index contributed by atoms with van der Waals surface area (Å²) in [6, 6.07) is 3.61. The quantitative estimate of drug-likeness (QED) is 0.545. The van der Waals surface area contributed by atoms with E-state index in [0.717, 1.165) is 5.56 Å². The van der Waals surface area contributed by atoms with Gasteiger partial charge in [-0.15, -0.1) is 0 Å². The summed E-state index contributed by atoms with van der Waals surface area (Å²) in [7, 11) is 1.56. The molecule has 0 aromatic carbocycles. The van der Waals surface area contributed by atoms with Crippen LogP contribution in [0.3, 0.4) is 0 Å². The highest BCUT2D eigenvalue weighted by atomic mass is 16.2. The van der Waals surface area contributed by atoms with Crippen LogP contribution in [0.4, 0.5) is 5.95 Å². The number of aromatic amines is 1. The first-order chi connectivity index (χ1) is 11.5. The fraction of sp³-hybridized carbons (Fsp3) is 0.267. The first-order valence-corrected chi connectivity index (χ1v) is 7.39. The molecule has 3 rings (SSSR count). The number of nitrogens with one attached hydrogen (secondary N) is 2. The Morgan fingerprint density at radius 2 is 2.17 bits per heavy atom. The number of hydrogen-bond acceptors (Lipinski definition) is 6. The minimum Gasteiger partial charge on any atom is -0.300 e. The lowest BCUT2D eigenvalue weighted by molar-refractivity contribution is 0.620. The maximum Gasteiger partial charge on any atom is 0.329 e. The predicted octanol–water partition coefficient (Wildman–Crippen LogP) is 0.845. The fourth-order valence-corrected chi connectivity index (χ4v) is 2.40. The van der Waals surface area contributed by atoms with Crippen LogP contribution >= 0.6 is 0 Å². The second-order valence-electron chi connectivity index (χ2n) is 5.55. The molecule has 9 heteroatoms. The van der Waals surface area contributed by atoms with E-state index < -0.39 is 11.2 Å². The van der Waals surface area contributed by atoms with Crippen molar-refractivity contribution in [2.45, 2.75) is 19.9 Å². The van der Waals surface area contributed by atoms with Crippen molar-refractivity contribution in [3.63, 3.8) is 0 Å². The van der Waals surface area contributed by atoms with Crippen molar-refractivity contribution in [3.8, 4) is 0 Å². The number of imidazole rings is 1. The Hall–Kier alpha value is -3.23. The Morgan fingerprint density at radius 3 is 2.83 bits per heavy atom. The highest BCUT2D eigenvalue weighted by Crippen LogP contribution is 2.20. The molecule has 9 nitrogen and oxygen atoms in total. The van der Waals surface area contributed by atoms with E-state index in [0.29, 0.717) is 17.1 Å². The topological polar surface area (TPSA) is 110 Å². The Labute approximate surface area is 136 Å². The molecule has 0 aliphatic heterocycles. The van der Waals surface area contributed by atoms with Gasteiger partial charge in [-0.3, -0.25) is 19.3 Å². The summed E-state index contributed by atoms with van der Waals surface area (Å²) < 4.78 is 3.00. The van der Waals surface area contributed by atoms with Crippen LogP contribution in [-0.2, 0) is 7.05 Å². The standard InChI is InChI=1S/C15H17N7O2/c1-9(2)22-11-12(21(3)15(24)19-13(11)23)18-14(22)20-17-8-10-5-4-6-16-7-10/h4-9H,1-3H3,(H,18,20)(H,19,23,24)/b17-8-. The largest absolute Gasteiger partial charge is 0.329 e. The van der Waals surface area contributed by atoms with Gasteiger partial charge in [0, 0.05) is 31.0 Å². The molecule has 3 heterocycles. The monoisotopic (exact) mass is 327 g/mol. The molecule has 0 spiro atoms. The van der Waals surface area contributed by atoms with Gasteiger partial charge in [0.05, 0.1) is 6.21 Å². The third-order valence-corrected chi connectivity index (χ3v) is 3.53. The van der Waals surface area contributed by atoms with E-state index in [1.54, 1.807) is 36.3 Å². The number of H-pyrrole nitrogens is 1. The minimum absolute atomic E-state index is 0.0512. The predicted molar refractivity (Wildman–Crippen MR) is 91.4 cm³/mol. The summed E-state index contributed by atoms with van der Waals surface area (Å²) in [4.78, 5) is 34.6. The van der Waals surface area contributed by atoms with Crippen molar-refractivity contribution in [3.05, 3.63) is 50.9 Å². The lowest BCUT2D eigenvalue weighted by Crippen LogP contribution is -2.29. The molecule has 0 unspecified atom stereocenters. The van der Waals surface area contributed by atoms with Crippen molar-refractivity contribution < 1.29 is 0 Å². The summed E-state index contributed by atoms with van der Waals surface area (Å²) in [5, 5.41) is 4.13. The van der Waals surface area contributed by atoms with E-state index in [1.807, 2.05) is 19.9 Å². The van der Waals surface area contributed by atoms with Gasteiger partial charge in [-0.05, 0) is 19.9 Å². The molecular weight excluding hydrogens is 310 g/mol. The van der Waals surface area contributed by atoms with Crippen LogP contribution in [0.25, 0.3) is 11.2 Å². The van der Waals surface area contributed by atoms with Crippen LogP contribution < -0.4 is 16.7 Å². The average Bonchev–Trinajstić information content (AvgIpc) is 2.94. The number of pyridine rings is 1. The van der Waals surface area contributed by atoms with Gasteiger partial charge < -0.3 is 4.57 Å². The molecule has 124 valence electrons. The summed E-state index contributed by atoms with van der Waals surface area (Å²) in [6.45, 7) is 3.84. The summed E-state index contributed by atoms with van der Waals surface area (Å²) in [6.07, 6.45) is 4.95. The second kappa shape index (κ2) is 6.11. The summed E-state index contributed by atoms with van der Waals surface area (Å²) in [5.74, 6) is 0.381. The lowest BCUT2D eigenvalue weighted by Gasteiger charge is -2.11. The number of rotatable bonds is 4. The van der Waals surface area contributed by atoms with Crippen LogP contribution in [0, 0.1) is 0 Å². The highest BCUT2D eigenvalue weighted by Gasteiger charge is 2.18. The Kier molecular flexibility index (Phi) is 3.98. The van der Waals surface area contributed by atoms with Crippen LogP contribution in [0.15, 0.2) is 39.2 Å². The first-order valence-electron chi connectivity index (χ1n) is 7.39. The third-order valence-electron chi connectivity index (χ3n) is 3.53. The van der Waals surface area contributed by atoms with Gasteiger partial charge in [-0.2, -0.15) is 10.1 Å². The number of aromatic nitrogens is 5. The van der Waals surface area contributed by atoms with Gasteiger partial charge in [0.1, 0.15) is 0 Å². The van der Waals surface area contributed by atoms with Crippen molar-refractivity contribution in [1.29, 1.82) is 0 Å². The summed E-state index contributed by atoms with van der Waals surface area (Å²) in [5.41, 5.74) is 3.30. The maximum absolute atomic E-state index is 12.2. The molecule has 0 saturated heterocycles. The smallest absolute Gasteiger partial charge is 0.300 e. The van der Waals surface area contributed by atoms with Gasteiger partial charge in [0.2, 0.25) is 5.95 Å². The normalized spacial score (nSPS) is 11.7. The first kappa shape index (κ1) is 15.7. The average molecular weight is 327 g/mol. The maximum atomic E-state index is 12.2. The van der Waals surface area contributed by atoms with Crippen LogP contribution in [0.1, 0.15) is 25.5 Å². The van der Waals surface area contributed by atoms with Gasteiger partial charge >= 0.3 is 5.69 Å². The van der Waals surface area contributed by atoms with Crippen molar-refractivity contribution in [1.82, 2.24) is 24.1 Å². The Bertz CT molecular complexity index is 1010. The SMILES string of the molecule is CC(C)n1c(N/N=C\c2cccnc2)nc2c1c(=O)[nH]c(=O)n2C. The molecule has 0 saturated carbocycles. The molecule has 3 aromatic heterocycles.